The Hall–Kier alpha value is -3.66. The Balaban J connectivity index is 0.000000215. The van der Waals surface area contributed by atoms with Crippen LogP contribution in [-0.4, -0.2) is 67.7 Å². The summed E-state index contributed by atoms with van der Waals surface area (Å²) in [7, 11) is 1.96. The van der Waals surface area contributed by atoms with E-state index in [2.05, 4.69) is 15.6 Å². The third-order valence-electron chi connectivity index (χ3n) is 5.39. The number of piperidine rings is 1. The zero-order valence-electron chi connectivity index (χ0n) is 19.4. The first-order chi connectivity index (χ1) is 16.5. The molecule has 0 aliphatic carbocycles. The lowest BCUT2D eigenvalue weighted by Crippen LogP contribution is -2.44. The maximum absolute atomic E-state index is 12.0. The number of ether oxygens (including phenoxy) is 3. The van der Waals surface area contributed by atoms with Crippen LogP contribution in [0.3, 0.4) is 0 Å². The summed E-state index contributed by atoms with van der Waals surface area (Å²) in [6.07, 6.45) is 2.69. The quantitative estimate of drug-likeness (QED) is 0.619. The van der Waals surface area contributed by atoms with E-state index in [1.165, 1.54) is 0 Å². The third-order valence-corrected chi connectivity index (χ3v) is 5.39. The van der Waals surface area contributed by atoms with Crippen LogP contribution >= 0.6 is 0 Å². The van der Waals surface area contributed by atoms with Gasteiger partial charge in [0, 0.05) is 19.1 Å². The summed E-state index contributed by atoms with van der Waals surface area (Å²) in [5.74, 6) is 1.45. The summed E-state index contributed by atoms with van der Waals surface area (Å²) in [5.41, 5.74) is 1.08. The molecule has 10 nitrogen and oxygen atoms in total. The number of pyridine rings is 1. The molecule has 2 N–H and O–H groups in total. The van der Waals surface area contributed by atoms with E-state index in [1.807, 2.05) is 20.0 Å². The molecule has 0 spiro atoms. The number of nitrogens with zero attached hydrogens (tertiary/aromatic N) is 2. The standard InChI is InChI=1S/C15H12N2O4.C9H18N2O2/c18-8-11-2-1-3-14(16-11)17-15(19)7-10-4-5-12-13(6-10)21-9-20-12;1-3-13-9(12)11-6-4-8(10-2)5-7-11/h1-6,8H,7,9H2,(H,16,17,19);8,10H,3-7H2,1-2H3. The molecule has 1 aromatic carbocycles. The van der Waals surface area contributed by atoms with Crippen LogP contribution < -0.4 is 20.1 Å². The van der Waals surface area contributed by atoms with Crippen LogP contribution in [0.2, 0.25) is 0 Å². The molecule has 0 atom stereocenters. The van der Waals surface area contributed by atoms with Gasteiger partial charge in [0.2, 0.25) is 12.7 Å². The third kappa shape index (κ3) is 7.17. The smallest absolute Gasteiger partial charge is 0.409 e. The van der Waals surface area contributed by atoms with Gasteiger partial charge in [-0.25, -0.2) is 9.78 Å². The van der Waals surface area contributed by atoms with Crippen LogP contribution in [0.4, 0.5) is 10.6 Å². The minimum atomic E-state index is -0.218. The number of hydrogen-bond acceptors (Lipinski definition) is 8. The molecule has 1 fully saturated rings. The number of likely N-dealkylation sites (tertiary alicyclic amines) is 1. The first kappa shape index (κ1) is 25.0. The molecule has 1 aromatic heterocycles. The van der Waals surface area contributed by atoms with Crippen LogP contribution in [0.15, 0.2) is 36.4 Å². The van der Waals surface area contributed by atoms with E-state index in [0.29, 0.717) is 36.3 Å². The number of carbonyl (C=O) groups is 3. The van der Waals surface area contributed by atoms with Crippen molar-refractivity contribution in [3.05, 3.63) is 47.7 Å². The van der Waals surface area contributed by atoms with E-state index in [4.69, 9.17) is 14.2 Å². The SMILES string of the molecule is CCOC(=O)N1CCC(NC)CC1.O=Cc1cccc(NC(=O)Cc2ccc3c(c2)OCO3)n1. The summed E-state index contributed by atoms with van der Waals surface area (Å²) < 4.78 is 15.4. The Bertz CT molecular complexity index is 991. The van der Waals surface area contributed by atoms with Crippen molar-refractivity contribution in [1.82, 2.24) is 15.2 Å². The minimum Gasteiger partial charge on any atom is -0.454 e. The molecule has 3 heterocycles. The fourth-order valence-corrected chi connectivity index (χ4v) is 3.58. The molecule has 2 aliphatic rings. The molecule has 0 saturated carbocycles. The second-order valence-corrected chi connectivity index (χ2v) is 7.73. The number of aromatic nitrogens is 1. The van der Waals surface area contributed by atoms with Crippen molar-refractivity contribution in [2.24, 2.45) is 0 Å². The molecule has 182 valence electrons. The summed E-state index contributed by atoms with van der Waals surface area (Å²) in [5, 5.41) is 5.87. The topological polar surface area (TPSA) is 119 Å². The van der Waals surface area contributed by atoms with Crippen LogP contribution in [0.25, 0.3) is 0 Å². The largest absolute Gasteiger partial charge is 0.454 e. The molecule has 34 heavy (non-hydrogen) atoms. The lowest BCUT2D eigenvalue weighted by atomic mass is 10.1. The number of rotatable bonds is 6. The van der Waals surface area contributed by atoms with Gasteiger partial charge in [0.15, 0.2) is 17.8 Å². The Morgan fingerprint density at radius 3 is 2.65 bits per heavy atom. The van der Waals surface area contributed by atoms with Gasteiger partial charge in [0.1, 0.15) is 11.5 Å². The van der Waals surface area contributed by atoms with Gasteiger partial charge in [-0.3, -0.25) is 9.59 Å². The second kappa shape index (κ2) is 12.5. The number of aldehydes is 1. The zero-order valence-corrected chi connectivity index (χ0v) is 19.4. The normalized spacial score (nSPS) is 14.6. The lowest BCUT2D eigenvalue weighted by molar-refractivity contribution is -0.115. The minimum absolute atomic E-state index is 0.169. The van der Waals surface area contributed by atoms with E-state index in [0.717, 1.165) is 31.5 Å². The number of nitrogens with one attached hydrogen (secondary N) is 2. The molecule has 4 rings (SSSR count). The lowest BCUT2D eigenvalue weighted by Gasteiger charge is -2.30. The predicted molar refractivity (Wildman–Crippen MR) is 125 cm³/mol. The van der Waals surface area contributed by atoms with Crippen molar-refractivity contribution >= 4 is 24.1 Å². The van der Waals surface area contributed by atoms with Crippen molar-refractivity contribution in [2.45, 2.75) is 32.2 Å². The van der Waals surface area contributed by atoms with Crippen LogP contribution in [-0.2, 0) is 16.0 Å². The van der Waals surface area contributed by atoms with Crippen molar-refractivity contribution < 1.29 is 28.6 Å². The van der Waals surface area contributed by atoms with Gasteiger partial charge in [-0.1, -0.05) is 12.1 Å². The molecule has 0 radical (unpaired) electrons. The number of hydrogen-bond donors (Lipinski definition) is 2. The summed E-state index contributed by atoms with van der Waals surface area (Å²) in [4.78, 5) is 39.7. The maximum atomic E-state index is 12.0. The molecular formula is C24H30N4O6. The zero-order chi connectivity index (χ0) is 24.3. The van der Waals surface area contributed by atoms with Crippen molar-refractivity contribution in [3.8, 4) is 11.5 Å². The number of amides is 2. The highest BCUT2D eigenvalue weighted by atomic mass is 16.7. The Morgan fingerprint density at radius 2 is 1.94 bits per heavy atom. The summed E-state index contributed by atoms with van der Waals surface area (Å²) in [6.45, 7) is 4.12. The Labute approximate surface area is 198 Å². The number of fused-ring (bicyclic) bond motifs is 1. The second-order valence-electron chi connectivity index (χ2n) is 7.73. The summed E-state index contributed by atoms with van der Waals surface area (Å²) >= 11 is 0. The Morgan fingerprint density at radius 1 is 1.18 bits per heavy atom. The fourth-order valence-electron chi connectivity index (χ4n) is 3.58. The van der Waals surface area contributed by atoms with E-state index in [-0.39, 0.29) is 30.9 Å². The monoisotopic (exact) mass is 470 g/mol. The molecule has 1 saturated heterocycles. The van der Waals surface area contributed by atoms with Gasteiger partial charge < -0.3 is 29.7 Å². The van der Waals surface area contributed by atoms with E-state index >= 15 is 0 Å². The molecule has 0 unspecified atom stereocenters. The predicted octanol–water partition coefficient (Wildman–Crippen LogP) is 2.63. The van der Waals surface area contributed by atoms with Crippen molar-refractivity contribution in [1.29, 1.82) is 0 Å². The van der Waals surface area contributed by atoms with Gasteiger partial charge in [-0.2, -0.15) is 0 Å². The molecular weight excluding hydrogens is 440 g/mol. The average Bonchev–Trinajstić information content (AvgIpc) is 3.32. The Kier molecular flexibility index (Phi) is 9.21. The molecule has 2 amide bonds. The van der Waals surface area contributed by atoms with E-state index in [9.17, 15) is 14.4 Å². The van der Waals surface area contributed by atoms with Gasteiger partial charge in [0.05, 0.1) is 13.0 Å². The first-order valence-corrected chi connectivity index (χ1v) is 11.2. The number of carbonyl (C=O) groups excluding carboxylic acids is 3. The molecule has 2 aromatic rings. The highest BCUT2D eigenvalue weighted by molar-refractivity contribution is 5.91. The number of benzene rings is 1. The van der Waals surface area contributed by atoms with E-state index < -0.39 is 0 Å². The number of anilines is 1. The highest BCUT2D eigenvalue weighted by Crippen LogP contribution is 2.32. The van der Waals surface area contributed by atoms with Gasteiger partial charge in [-0.05, 0) is 56.6 Å². The van der Waals surface area contributed by atoms with Gasteiger partial charge in [0.25, 0.3) is 0 Å². The van der Waals surface area contributed by atoms with E-state index in [1.54, 1.807) is 35.2 Å². The molecule has 10 heteroatoms. The van der Waals surface area contributed by atoms with Gasteiger partial charge in [-0.15, -0.1) is 0 Å². The van der Waals surface area contributed by atoms with Crippen molar-refractivity contribution in [2.75, 3.05) is 38.9 Å². The average molecular weight is 471 g/mol. The molecule has 2 aliphatic heterocycles. The van der Waals surface area contributed by atoms with Crippen molar-refractivity contribution in [3.63, 3.8) is 0 Å². The summed E-state index contributed by atoms with van der Waals surface area (Å²) in [6, 6.07) is 10.8. The van der Waals surface area contributed by atoms with Crippen LogP contribution in [0.1, 0.15) is 35.8 Å². The van der Waals surface area contributed by atoms with Gasteiger partial charge >= 0.3 is 6.09 Å². The molecule has 0 bridgehead atoms. The first-order valence-electron chi connectivity index (χ1n) is 11.2. The van der Waals surface area contributed by atoms with Crippen LogP contribution in [0, 0.1) is 0 Å². The highest BCUT2D eigenvalue weighted by Gasteiger charge is 2.22. The maximum Gasteiger partial charge on any atom is 0.409 e. The fraction of sp³-hybridized carbons (Fsp3) is 0.417. The van der Waals surface area contributed by atoms with Crippen LogP contribution in [0.5, 0.6) is 11.5 Å².